The first-order valence-corrected chi connectivity index (χ1v) is 10.9. The molecule has 0 bridgehead atoms. The summed E-state index contributed by atoms with van der Waals surface area (Å²) in [4.78, 5) is 23.7. The molecule has 3 heterocycles. The summed E-state index contributed by atoms with van der Waals surface area (Å²) in [7, 11) is 3.41. The van der Waals surface area contributed by atoms with Crippen LogP contribution in [0.3, 0.4) is 0 Å². The minimum Gasteiger partial charge on any atom is -0.495 e. The molecular formula is C26H24FN5O2. The smallest absolute Gasteiger partial charge is 0.272 e. The number of ether oxygens (including phenoxy) is 1. The summed E-state index contributed by atoms with van der Waals surface area (Å²) >= 11 is 0. The average Bonchev–Trinajstić information content (AvgIpc) is 3.44. The number of aryl methyl sites for hydroxylation is 1. The van der Waals surface area contributed by atoms with Crippen molar-refractivity contribution >= 4 is 18.1 Å². The van der Waals surface area contributed by atoms with Gasteiger partial charge in [-0.2, -0.15) is 0 Å². The molecule has 0 aliphatic carbocycles. The lowest BCUT2D eigenvalue weighted by atomic mass is 10.1. The zero-order chi connectivity index (χ0) is 23.8. The van der Waals surface area contributed by atoms with E-state index < -0.39 is 0 Å². The minimum absolute atomic E-state index is 0.0978. The summed E-state index contributed by atoms with van der Waals surface area (Å²) in [6, 6.07) is 12.0. The van der Waals surface area contributed by atoms with Gasteiger partial charge in [0.15, 0.2) is 0 Å². The summed E-state index contributed by atoms with van der Waals surface area (Å²) in [6.45, 7) is 3.17. The van der Waals surface area contributed by atoms with Crippen molar-refractivity contribution in [2.45, 2.75) is 13.5 Å². The summed E-state index contributed by atoms with van der Waals surface area (Å²) in [5, 5.41) is 0. The van der Waals surface area contributed by atoms with E-state index in [0.29, 0.717) is 41.6 Å². The zero-order valence-corrected chi connectivity index (χ0v) is 19.2. The number of hydrogen-bond donors (Lipinski definition) is 0. The van der Waals surface area contributed by atoms with Gasteiger partial charge in [0.25, 0.3) is 5.91 Å². The SMILES string of the molecule is COc1cc(/C=C/c2nc(-c3ccc(F)cc3)c3n2CCN(C)C3=O)ccc1-n1cnc(C)c1. The van der Waals surface area contributed by atoms with Gasteiger partial charge in [-0.15, -0.1) is 0 Å². The van der Waals surface area contributed by atoms with Crippen molar-refractivity contribution in [2.24, 2.45) is 0 Å². The molecule has 34 heavy (non-hydrogen) atoms. The highest BCUT2D eigenvalue weighted by molar-refractivity contribution is 5.99. The van der Waals surface area contributed by atoms with E-state index in [1.54, 1.807) is 37.5 Å². The molecule has 1 aliphatic rings. The van der Waals surface area contributed by atoms with Crippen LogP contribution in [0.1, 0.15) is 27.6 Å². The van der Waals surface area contributed by atoms with Gasteiger partial charge in [0.2, 0.25) is 0 Å². The Labute approximate surface area is 196 Å². The molecule has 4 aromatic rings. The fourth-order valence-electron chi connectivity index (χ4n) is 4.12. The maximum Gasteiger partial charge on any atom is 0.272 e. The van der Waals surface area contributed by atoms with Gasteiger partial charge < -0.3 is 18.8 Å². The van der Waals surface area contributed by atoms with Crippen molar-refractivity contribution in [1.82, 2.24) is 24.0 Å². The Kier molecular flexibility index (Phi) is 5.49. The number of carbonyl (C=O) groups excluding carboxylic acids is 1. The third-order valence-corrected chi connectivity index (χ3v) is 5.94. The maximum atomic E-state index is 13.5. The Balaban J connectivity index is 1.53. The van der Waals surface area contributed by atoms with E-state index in [0.717, 1.165) is 16.9 Å². The van der Waals surface area contributed by atoms with Crippen molar-refractivity contribution in [2.75, 3.05) is 20.7 Å². The van der Waals surface area contributed by atoms with Crippen LogP contribution in [0.15, 0.2) is 55.0 Å². The van der Waals surface area contributed by atoms with E-state index in [9.17, 15) is 9.18 Å². The van der Waals surface area contributed by atoms with Gasteiger partial charge in [-0.05, 0) is 55.0 Å². The van der Waals surface area contributed by atoms with Crippen LogP contribution in [0, 0.1) is 12.7 Å². The molecule has 2 aromatic heterocycles. The van der Waals surface area contributed by atoms with E-state index in [2.05, 4.69) is 4.98 Å². The number of carbonyl (C=O) groups is 1. The van der Waals surface area contributed by atoms with Crippen molar-refractivity contribution < 1.29 is 13.9 Å². The van der Waals surface area contributed by atoms with E-state index in [1.165, 1.54) is 12.1 Å². The Morgan fingerprint density at radius 3 is 2.59 bits per heavy atom. The fourth-order valence-corrected chi connectivity index (χ4v) is 4.12. The lowest BCUT2D eigenvalue weighted by Crippen LogP contribution is -2.37. The first-order valence-electron chi connectivity index (χ1n) is 10.9. The van der Waals surface area contributed by atoms with E-state index in [4.69, 9.17) is 9.72 Å². The number of aromatic nitrogens is 4. The second-order valence-corrected chi connectivity index (χ2v) is 8.24. The van der Waals surface area contributed by atoms with Gasteiger partial charge in [-0.1, -0.05) is 12.1 Å². The molecule has 0 saturated carbocycles. The molecule has 0 fully saturated rings. The molecule has 7 nitrogen and oxygen atoms in total. The number of halogens is 1. The van der Waals surface area contributed by atoms with Gasteiger partial charge in [-0.25, -0.2) is 14.4 Å². The van der Waals surface area contributed by atoms with Crippen molar-refractivity contribution in [3.8, 4) is 22.7 Å². The number of rotatable bonds is 5. The first kappa shape index (κ1) is 21.6. The number of methoxy groups -OCH3 is 1. The number of nitrogens with zero attached hydrogens (tertiary/aromatic N) is 5. The standard InChI is InChI=1S/C26H24FN5O2/c1-17-15-31(16-28-17)21-10-4-18(14-22(21)34-3)5-11-23-29-24(19-6-8-20(27)9-7-19)25-26(33)30(2)12-13-32(23)25/h4-11,14-16H,12-13H2,1-3H3/b11-5+. The van der Waals surface area contributed by atoms with Gasteiger partial charge in [0.05, 0.1) is 24.8 Å². The van der Waals surface area contributed by atoms with Crippen molar-refractivity contribution in [1.29, 1.82) is 0 Å². The molecule has 0 N–H and O–H groups in total. The lowest BCUT2D eigenvalue weighted by molar-refractivity contribution is 0.0750. The number of likely N-dealkylation sites (N-methyl/N-ethyl adjacent to an activating group) is 1. The van der Waals surface area contributed by atoms with Crippen molar-refractivity contribution in [3.63, 3.8) is 0 Å². The monoisotopic (exact) mass is 457 g/mol. The summed E-state index contributed by atoms with van der Waals surface area (Å²) < 4.78 is 22.9. The molecule has 1 aliphatic heterocycles. The molecule has 8 heteroatoms. The largest absolute Gasteiger partial charge is 0.495 e. The van der Waals surface area contributed by atoms with Crippen molar-refractivity contribution in [3.05, 3.63) is 83.6 Å². The van der Waals surface area contributed by atoms with Gasteiger partial charge in [0, 0.05) is 31.9 Å². The molecule has 5 rings (SSSR count). The Hall–Kier alpha value is -4.20. The highest BCUT2D eigenvalue weighted by Crippen LogP contribution is 2.30. The number of hydrogen-bond acceptors (Lipinski definition) is 4. The first-order chi connectivity index (χ1) is 16.4. The Morgan fingerprint density at radius 1 is 1.09 bits per heavy atom. The predicted octanol–water partition coefficient (Wildman–Crippen LogP) is 4.45. The molecule has 0 saturated heterocycles. The second kappa shape index (κ2) is 8.62. The third kappa shape index (κ3) is 3.87. The number of fused-ring (bicyclic) bond motifs is 1. The normalized spacial score (nSPS) is 13.5. The van der Waals surface area contributed by atoms with E-state index >= 15 is 0 Å². The second-order valence-electron chi connectivity index (χ2n) is 8.24. The van der Waals surface area contributed by atoms with Gasteiger partial charge in [0.1, 0.15) is 28.8 Å². The number of imidazole rings is 2. The number of benzene rings is 2. The number of amides is 1. The van der Waals surface area contributed by atoms with Crippen LogP contribution >= 0.6 is 0 Å². The molecule has 0 radical (unpaired) electrons. The zero-order valence-electron chi connectivity index (χ0n) is 19.2. The van der Waals surface area contributed by atoms with Crippen LogP contribution in [0.2, 0.25) is 0 Å². The van der Waals surface area contributed by atoms with Crippen LogP contribution in [-0.2, 0) is 6.54 Å². The van der Waals surface area contributed by atoms with Crippen LogP contribution < -0.4 is 4.74 Å². The van der Waals surface area contributed by atoms with Crippen LogP contribution in [-0.4, -0.2) is 50.6 Å². The molecule has 2 aromatic carbocycles. The topological polar surface area (TPSA) is 65.2 Å². The third-order valence-electron chi connectivity index (χ3n) is 5.94. The average molecular weight is 458 g/mol. The van der Waals surface area contributed by atoms with Crippen LogP contribution in [0.4, 0.5) is 4.39 Å². The highest BCUT2D eigenvalue weighted by Gasteiger charge is 2.29. The summed E-state index contributed by atoms with van der Waals surface area (Å²) in [5.41, 5.74) is 4.52. The molecule has 172 valence electrons. The fraction of sp³-hybridized carbons (Fsp3) is 0.192. The molecule has 0 atom stereocenters. The molecular weight excluding hydrogens is 433 g/mol. The van der Waals surface area contributed by atoms with E-state index in [-0.39, 0.29) is 11.7 Å². The van der Waals surface area contributed by atoms with Gasteiger partial charge >= 0.3 is 0 Å². The minimum atomic E-state index is -0.330. The summed E-state index contributed by atoms with van der Waals surface area (Å²) in [6.07, 6.45) is 7.53. The quantitative estimate of drug-likeness (QED) is 0.444. The molecule has 1 amide bonds. The molecule has 0 spiro atoms. The predicted molar refractivity (Wildman–Crippen MR) is 128 cm³/mol. The van der Waals surface area contributed by atoms with Crippen LogP contribution in [0.5, 0.6) is 5.75 Å². The van der Waals surface area contributed by atoms with E-state index in [1.807, 2.05) is 52.6 Å². The van der Waals surface area contributed by atoms with Crippen LogP contribution in [0.25, 0.3) is 29.1 Å². The lowest BCUT2D eigenvalue weighted by Gasteiger charge is -2.25. The summed E-state index contributed by atoms with van der Waals surface area (Å²) in [5.74, 6) is 0.959. The Bertz CT molecular complexity index is 1400. The maximum absolute atomic E-state index is 13.5. The molecule has 0 unspecified atom stereocenters. The highest BCUT2D eigenvalue weighted by atomic mass is 19.1. The Morgan fingerprint density at radius 2 is 1.88 bits per heavy atom. The van der Waals surface area contributed by atoms with Gasteiger partial charge in [-0.3, -0.25) is 4.79 Å².